The standard InChI is InChI=1S/C20H18ClNO3/c1-13(2)20(23)25-18-9-4-14(11-19(18)24-3)10-16(12-22)15-5-7-17(21)8-6-15/h4-11,13H,1-3H3/b16-10-. The largest absolute Gasteiger partial charge is 0.493 e. The summed E-state index contributed by atoms with van der Waals surface area (Å²) in [6.07, 6.45) is 1.74. The van der Waals surface area contributed by atoms with Gasteiger partial charge in [-0.05, 0) is 41.5 Å². The van der Waals surface area contributed by atoms with Gasteiger partial charge in [0.2, 0.25) is 0 Å². The van der Waals surface area contributed by atoms with Crippen molar-refractivity contribution >= 4 is 29.2 Å². The summed E-state index contributed by atoms with van der Waals surface area (Å²) in [7, 11) is 1.50. The van der Waals surface area contributed by atoms with Gasteiger partial charge in [-0.15, -0.1) is 0 Å². The summed E-state index contributed by atoms with van der Waals surface area (Å²) in [6, 6.07) is 14.3. The van der Waals surface area contributed by atoms with Crippen molar-refractivity contribution in [3.8, 4) is 17.6 Å². The van der Waals surface area contributed by atoms with Gasteiger partial charge in [0.25, 0.3) is 0 Å². The smallest absolute Gasteiger partial charge is 0.313 e. The van der Waals surface area contributed by atoms with E-state index in [9.17, 15) is 10.1 Å². The van der Waals surface area contributed by atoms with Crippen LogP contribution in [0.1, 0.15) is 25.0 Å². The molecule has 5 heteroatoms. The fourth-order valence-corrected chi connectivity index (χ4v) is 2.19. The maximum Gasteiger partial charge on any atom is 0.313 e. The normalized spacial score (nSPS) is 11.1. The fraction of sp³-hybridized carbons (Fsp3) is 0.200. The van der Waals surface area contributed by atoms with Crippen LogP contribution in [0.3, 0.4) is 0 Å². The van der Waals surface area contributed by atoms with Gasteiger partial charge in [0.15, 0.2) is 11.5 Å². The minimum Gasteiger partial charge on any atom is -0.493 e. The Bertz CT molecular complexity index is 833. The predicted molar refractivity (Wildman–Crippen MR) is 98.4 cm³/mol. The van der Waals surface area contributed by atoms with Crippen molar-refractivity contribution in [2.45, 2.75) is 13.8 Å². The second kappa shape index (κ2) is 8.36. The zero-order chi connectivity index (χ0) is 18.4. The molecule has 0 heterocycles. The number of hydrogen-bond donors (Lipinski definition) is 0. The summed E-state index contributed by atoms with van der Waals surface area (Å²) in [4.78, 5) is 11.8. The van der Waals surface area contributed by atoms with Crippen LogP contribution in [-0.2, 0) is 4.79 Å². The Hall–Kier alpha value is -2.77. The second-order valence-corrected chi connectivity index (χ2v) is 6.10. The number of nitriles is 1. The number of hydrogen-bond acceptors (Lipinski definition) is 4. The molecule has 0 fully saturated rings. The van der Waals surface area contributed by atoms with Gasteiger partial charge in [-0.25, -0.2) is 0 Å². The zero-order valence-corrected chi connectivity index (χ0v) is 15.0. The molecule has 0 unspecified atom stereocenters. The summed E-state index contributed by atoms with van der Waals surface area (Å²) in [5, 5.41) is 10.0. The van der Waals surface area contributed by atoms with E-state index >= 15 is 0 Å². The molecule has 0 amide bonds. The Morgan fingerprint density at radius 1 is 1.16 bits per heavy atom. The number of carbonyl (C=O) groups is 1. The number of allylic oxidation sites excluding steroid dienone is 1. The van der Waals surface area contributed by atoms with E-state index in [4.69, 9.17) is 21.1 Å². The molecule has 0 atom stereocenters. The van der Waals surface area contributed by atoms with Crippen molar-refractivity contribution in [2.75, 3.05) is 7.11 Å². The van der Waals surface area contributed by atoms with E-state index in [1.165, 1.54) is 7.11 Å². The molecule has 0 spiro atoms. The summed E-state index contributed by atoms with van der Waals surface area (Å²) in [5.41, 5.74) is 2.01. The maximum atomic E-state index is 11.8. The van der Waals surface area contributed by atoms with E-state index in [0.717, 1.165) is 11.1 Å². The number of ether oxygens (including phenoxy) is 2. The van der Waals surface area contributed by atoms with Crippen LogP contribution < -0.4 is 9.47 Å². The van der Waals surface area contributed by atoms with E-state index in [1.807, 2.05) is 0 Å². The Labute approximate surface area is 152 Å². The molecule has 2 aromatic rings. The van der Waals surface area contributed by atoms with Crippen LogP contribution in [0.4, 0.5) is 0 Å². The molecule has 4 nitrogen and oxygen atoms in total. The van der Waals surface area contributed by atoms with E-state index in [-0.39, 0.29) is 11.9 Å². The number of halogens is 1. The summed E-state index contributed by atoms with van der Waals surface area (Å²) in [6.45, 7) is 3.52. The molecule has 0 radical (unpaired) electrons. The number of esters is 1. The minimum atomic E-state index is -0.333. The van der Waals surface area contributed by atoms with Gasteiger partial charge in [0.05, 0.1) is 24.7 Å². The highest BCUT2D eigenvalue weighted by molar-refractivity contribution is 6.30. The molecule has 0 aliphatic rings. The highest BCUT2D eigenvalue weighted by Gasteiger charge is 2.14. The van der Waals surface area contributed by atoms with Crippen LogP contribution in [0.15, 0.2) is 42.5 Å². The van der Waals surface area contributed by atoms with Crippen LogP contribution >= 0.6 is 11.6 Å². The van der Waals surface area contributed by atoms with Crippen molar-refractivity contribution in [3.63, 3.8) is 0 Å². The minimum absolute atomic E-state index is 0.237. The van der Waals surface area contributed by atoms with Gasteiger partial charge in [0.1, 0.15) is 0 Å². The summed E-state index contributed by atoms with van der Waals surface area (Å²) >= 11 is 5.88. The number of carbonyl (C=O) groups excluding carboxylic acids is 1. The third-order valence-corrected chi connectivity index (χ3v) is 3.71. The Morgan fingerprint density at radius 2 is 1.84 bits per heavy atom. The molecular formula is C20H18ClNO3. The van der Waals surface area contributed by atoms with Crippen LogP contribution in [-0.4, -0.2) is 13.1 Å². The van der Waals surface area contributed by atoms with Crippen LogP contribution in [0.2, 0.25) is 5.02 Å². The number of benzene rings is 2. The van der Waals surface area contributed by atoms with Gasteiger partial charge < -0.3 is 9.47 Å². The van der Waals surface area contributed by atoms with Crippen molar-refractivity contribution in [3.05, 3.63) is 58.6 Å². The number of methoxy groups -OCH3 is 1. The molecule has 0 aliphatic carbocycles. The predicted octanol–water partition coefficient (Wildman–Crippen LogP) is 4.97. The number of nitrogens with zero attached hydrogens (tertiary/aromatic N) is 1. The van der Waals surface area contributed by atoms with Crippen molar-refractivity contribution in [1.29, 1.82) is 5.26 Å². The highest BCUT2D eigenvalue weighted by Crippen LogP contribution is 2.30. The SMILES string of the molecule is COc1cc(/C=C(/C#N)c2ccc(Cl)cc2)ccc1OC(=O)C(C)C. The Kier molecular flexibility index (Phi) is 6.21. The van der Waals surface area contributed by atoms with Gasteiger partial charge in [-0.2, -0.15) is 5.26 Å². The lowest BCUT2D eigenvalue weighted by molar-refractivity contribution is -0.137. The van der Waals surface area contributed by atoms with Crippen molar-refractivity contribution < 1.29 is 14.3 Å². The third-order valence-electron chi connectivity index (χ3n) is 3.46. The van der Waals surface area contributed by atoms with Crippen molar-refractivity contribution in [1.82, 2.24) is 0 Å². The van der Waals surface area contributed by atoms with E-state index in [1.54, 1.807) is 62.4 Å². The molecule has 0 N–H and O–H groups in total. The molecule has 128 valence electrons. The molecule has 0 bridgehead atoms. The molecule has 2 rings (SSSR count). The lowest BCUT2D eigenvalue weighted by Gasteiger charge is -2.11. The second-order valence-electron chi connectivity index (χ2n) is 5.66. The van der Waals surface area contributed by atoms with Gasteiger partial charge in [0, 0.05) is 5.02 Å². The van der Waals surface area contributed by atoms with Crippen molar-refractivity contribution in [2.24, 2.45) is 5.92 Å². The molecule has 25 heavy (non-hydrogen) atoms. The first-order valence-corrected chi connectivity index (χ1v) is 8.10. The van der Waals surface area contributed by atoms with E-state index in [0.29, 0.717) is 22.1 Å². The Balaban J connectivity index is 2.34. The van der Waals surface area contributed by atoms with Gasteiger partial charge in [-0.3, -0.25) is 4.79 Å². The lowest BCUT2D eigenvalue weighted by Crippen LogP contribution is -2.15. The first-order valence-electron chi connectivity index (χ1n) is 7.72. The van der Waals surface area contributed by atoms with E-state index < -0.39 is 0 Å². The molecule has 0 aliphatic heterocycles. The summed E-state index contributed by atoms with van der Waals surface area (Å²) < 4.78 is 10.6. The topological polar surface area (TPSA) is 59.3 Å². The first-order chi connectivity index (χ1) is 11.9. The molecule has 0 saturated heterocycles. The molecule has 2 aromatic carbocycles. The van der Waals surface area contributed by atoms with Crippen LogP contribution in [0, 0.1) is 17.2 Å². The Morgan fingerprint density at radius 3 is 2.40 bits per heavy atom. The summed E-state index contributed by atoms with van der Waals surface area (Å²) in [5.74, 6) is 0.208. The fourth-order valence-electron chi connectivity index (χ4n) is 2.06. The zero-order valence-electron chi connectivity index (χ0n) is 14.2. The average molecular weight is 356 g/mol. The maximum absolute atomic E-state index is 11.8. The van der Waals surface area contributed by atoms with Crippen LogP contribution in [0.25, 0.3) is 11.6 Å². The van der Waals surface area contributed by atoms with Gasteiger partial charge in [-0.1, -0.05) is 43.6 Å². The molecule has 0 aromatic heterocycles. The number of rotatable bonds is 5. The third kappa shape index (κ3) is 4.85. The molecular weight excluding hydrogens is 338 g/mol. The lowest BCUT2D eigenvalue weighted by atomic mass is 10.0. The quantitative estimate of drug-likeness (QED) is 0.328. The van der Waals surface area contributed by atoms with Gasteiger partial charge >= 0.3 is 5.97 Å². The molecule has 0 saturated carbocycles. The van der Waals surface area contributed by atoms with Crippen LogP contribution in [0.5, 0.6) is 11.5 Å². The first kappa shape index (κ1) is 18.6. The average Bonchev–Trinajstić information content (AvgIpc) is 2.61. The van der Waals surface area contributed by atoms with E-state index in [2.05, 4.69) is 6.07 Å². The monoisotopic (exact) mass is 355 g/mol. The highest BCUT2D eigenvalue weighted by atomic mass is 35.5.